The molecule has 2 saturated heterocycles. The Kier molecular flexibility index (Phi) is 9.11. The predicted octanol–water partition coefficient (Wildman–Crippen LogP) is 4.82. The van der Waals surface area contributed by atoms with Gasteiger partial charge < -0.3 is 25.0 Å². The molecular formula is C31H36F2N4O3. The number of ether oxygens (including phenoxy) is 2. The number of rotatable bonds is 7. The second kappa shape index (κ2) is 13.1. The van der Waals surface area contributed by atoms with Crippen LogP contribution in [0.1, 0.15) is 31.2 Å². The number of anilines is 1. The van der Waals surface area contributed by atoms with Gasteiger partial charge in [0, 0.05) is 18.7 Å². The molecule has 1 atom stereocenters. The molecule has 2 aromatic carbocycles. The Morgan fingerprint density at radius 3 is 2.52 bits per heavy atom. The van der Waals surface area contributed by atoms with Crippen molar-refractivity contribution in [2.24, 2.45) is 11.7 Å². The largest absolute Gasteiger partial charge is 0.486 e. The summed E-state index contributed by atoms with van der Waals surface area (Å²) in [5.74, 6) is 0.720. The van der Waals surface area contributed by atoms with Crippen molar-refractivity contribution in [2.75, 3.05) is 50.8 Å². The van der Waals surface area contributed by atoms with Gasteiger partial charge in [-0.1, -0.05) is 6.07 Å². The van der Waals surface area contributed by atoms with Crippen LogP contribution in [-0.4, -0.2) is 61.7 Å². The van der Waals surface area contributed by atoms with Crippen LogP contribution < -0.4 is 20.1 Å². The Morgan fingerprint density at radius 2 is 1.77 bits per heavy atom. The Bertz CT molecular complexity index is 1300. The van der Waals surface area contributed by atoms with Crippen LogP contribution in [0, 0.1) is 17.6 Å². The number of hydrogen-bond donors (Lipinski definition) is 1. The Hall–Kier alpha value is -3.72. The van der Waals surface area contributed by atoms with E-state index in [0.29, 0.717) is 25.5 Å². The number of nitrogens with two attached hydrogens (primary N) is 1. The molecule has 3 aromatic rings. The molecule has 40 heavy (non-hydrogen) atoms. The number of aromatic nitrogens is 1. The molecule has 212 valence electrons. The quantitative estimate of drug-likeness (QED) is 0.454. The van der Waals surface area contributed by atoms with Gasteiger partial charge in [-0.25, -0.2) is 13.8 Å². The van der Waals surface area contributed by atoms with Crippen molar-refractivity contribution in [3.8, 4) is 22.8 Å². The second-order valence-corrected chi connectivity index (χ2v) is 10.5. The minimum absolute atomic E-state index is 0.110. The molecule has 3 aliphatic heterocycles. The molecule has 1 amide bonds. The van der Waals surface area contributed by atoms with Gasteiger partial charge in [-0.05, 0) is 106 Å². The Morgan fingerprint density at radius 1 is 1.00 bits per heavy atom. The summed E-state index contributed by atoms with van der Waals surface area (Å²) in [6.45, 7) is 5.85. The van der Waals surface area contributed by atoms with Crippen LogP contribution in [0.5, 0.6) is 11.5 Å². The number of benzene rings is 2. The summed E-state index contributed by atoms with van der Waals surface area (Å²) in [7, 11) is 0. The number of aryl methyl sites for hydroxylation is 1. The highest BCUT2D eigenvalue weighted by Gasteiger charge is 2.27. The van der Waals surface area contributed by atoms with Crippen LogP contribution in [0.25, 0.3) is 11.3 Å². The van der Waals surface area contributed by atoms with Crippen LogP contribution in [0.3, 0.4) is 0 Å². The van der Waals surface area contributed by atoms with Crippen molar-refractivity contribution in [3.05, 3.63) is 71.8 Å². The zero-order chi connectivity index (χ0) is 27.9. The number of carbonyl (C=O) groups excluding carboxylic acids is 1. The van der Waals surface area contributed by atoms with Gasteiger partial charge in [0.1, 0.15) is 24.8 Å². The van der Waals surface area contributed by atoms with Gasteiger partial charge in [-0.15, -0.1) is 0 Å². The fourth-order valence-electron chi connectivity index (χ4n) is 5.40. The fraction of sp³-hybridized carbons (Fsp3) is 0.419. The third-order valence-corrected chi connectivity index (χ3v) is 7.58. The number of hydrogen-bond acceptors (Lipinski definition) is 6. The third kappa shape index (κ3) is 7.07. The van der Waals surface area contributed by atoms with E-state index in [4.69, 9.17) is 15.2 Å². The molecule has 4 heterocycles. The maximum absolute atomic E-state index is 13.8. The monoisotopic (exact) mass is 550 g/mol. The lowest BCUT2D eigenvalue weighted by Crippen LogP contribution is -2.27. The maximum atomic E-state index is 13.8. The van der Waals surface area contributed by atoms with Crippen molar-refractivity contribution in [1.29, 1.82) is 0 Å². The molecule has 0 saturated carbocycles. The normalized spacial score (nSPS) is 18.4. The van der Waals surface area contributed by atoms with E-state index in [9.17, 15) is 13.6 Å². The molecule has 2 fully saturated rings. The summed E-state index contributed by atoms with van der Waals surface area (Å²) < 4.78 is 37.6. The number of carbonyl (C=O) groups is 1. The van der Waals surface area contributed by atoms with E-state index in [1.807, 2.05) is 24.3 Å². The SMILES string of the molecule is Fc1cc(CCCN2CCCC2)cc2c1OCCO2.NC(=O)C1CCN(c2cccc(-c3ccc(F)cc3)n2)C1. The number of likely N-dealkylation sites (tertiary alicyclic amines) is 1. The molecule has 1 unspecified atom stereocenters. The van der Waals surface area contributed by atoms with E-state index in [1.165, 1.54) is 38.1 Å². The van der Waals surface area contributed by atoms with Crippen molar-refractivity contribution in [1.82, 2.24) is 9.88 Å². The van der Waals surface area contributed by atoms with Gasteiger partial charge >= 0.3 is 0 Å². The molecule has 0 bridgehead atoms. The summed E-state index contributed by atoms with van der Waals surface area (Å²) in [4.78, 5) is 20.4. The van der Waals surface area contributed by atoms with E-state index < -0.39 is 0 Å². The molecule has 1 aromatic heterocycles. The number of pyridine rings is 1. The summed E-state index contributed by atoms with van der Waals surface area (Å²) in [6.07, 6.45) is 5.36. The molecule has 0 radical (unpaired) electrons. The van der Waals surface area contributed by atoms with Crippen molar-refractivity contribution in [2.45, 2.75) is 32.1 Å². The molecule has 7 nitrogen and oxygen atoms in total. The van der Waals surface area contributed by atoms with E-state index in [1.54, 1.807) is 18.2 Å². The predicted molar refractivity (Wildman–Crippen MR) is 151 cm³/mol. The molecule has 3 aliphatic rings. The van der Waals surface area contributed by atoms with Crippen LogP contribution >= 0.6 is 0 Å². The van der Waals surface area contributed by atoms with Crippen LogP contribution in [-0.2, 0) is 11.2 Å². The van der Waals surface area contributed by atoms with Gasteiger partial charge in [0.25, 0.3) is 0 Å². The minimum Gasteiger partial charge on any atom is -0.486 e. The zero-order valence-electron chi connectivity index (χ0n) is 22.7. The average molecular weight is 551 g/mol. The van der Waals surface area contributed by atoms with Crippen LogP contribution in [0.15, 0.2) is 54.6 Å². The smallest absolute Gasteiger partial charge is 0.222 e. The summed E-state index contributed by atoms with van der Waals surface area (Å²) in [5, 5.41) is 0. The summed E-state index contributed by atoms with van der Waals surface area (Å²) in [5.41, 5.74) is 8.00. The zero-order valence-corrected chi connectivity index (χ0v) is 22.7. The highest BCUT2D eigenvalue weighted by Crippen LogP contribution is 2.34. The Balaban J connectivity index is 0.000000162. The van der Waals surface area contributed by atoms with E-state index >= 15 is 0 Å². The minimum atomic E-state index is -0.298. The first-order valence-electron chi connectivity index (χ1n) is 14.0. The molecule has 2 N–H and O–H groups in total. The lowest BCUT2D eigenvalue weighted by Gasteiger charge is -2.20. The topological polar surface area (TPSA) is 80.9 Å². The summed E-state index contributed by atoms with van der Waals surface area (Å²) in [6, 6.07) is 15.5. The molecule has 9 heteroatoms. The highest BCUT2D eigenvalue weighted by molar-refractivity contribution is 5.78. The van der Waals surface area contributed by atoms with Gasteiger partial charge in [0.05, 0.1) is 11.6 Å². The van der Waals surface area contributed by atoms with Gasteiger partial charge in [-0.2, -0.15) is 0 Å². The van der Waals surface area contributed by atoms with Crippen molar-refractivity contribution >= 4 is 11.7 Å². The molecular weight excluding hydrogens is 514 g/mol. The Labute approximate surface area is 233 Å². The first kappa shape index (κ1) is 27.8. The average Bonchev–Trinajstić information content (AvgIpc) is 3.67. The van der Waals surface area contributed by atoms with Crippen LogP contribution in [0.4, 0.5) is 14.6 Å². The van der Waals surface area contributed by atoms with Crippen molar-refractivity contribution in [3.63, 3.8) is 0 Å². The van der Waals surface area contributed by atoms with Crippen molar-refractivity contribution < 1.29 is 23.0 Å². The fourth-order valence-corrected chi connectivity index (χ4v) is 5.40. The third-order valence-electron chi connectivity index (χ3n) is 7.58. The van der Waals surface area contributed by atoms with E-state index in [2.05, 4.69) is 14.8 Å². The van der Waals surface area contributed by atoms with Crippen LogP contribution in [0.2, 0.25) is 0 Å². The number of nitrogens with zero attached hydrogens (tertiary/aromatic N) is 3. The first-order valence-corrected chi connectivity index (χ1v) is 14.0. The number of halogens is 2. The molecule has 6 rings (SSSR count). The molecule has 0 aliphatic carbocycles. The van der Waals surface area contributed by atoms with Gasteiger partial charge in [0.15, 0.2) is 17.3 Å². The lowest BCUT2D eigenvalue weighted by molar-refractivity contribution is -0.121. The van der Waals surface area contributed by atoms with E-state index in [0.717, 1.165) is 55.0 Å². The number of fused-ring (bicyclic) bond motifs is 1. The second-order valence-electron chi connectivity index (χ2n) is 10.5. The highest BCUT2D eigenvalue weighted by atomic mass is 19.1. The molecule has 0 spiro atoms. The summed E-state index contributed by atoms with van der Waals surface area (Å²) >= 11 is 0. The standard InChI is InChI=1S/C16H16FN3O.C15H20FNO2/c17-13-6-4-11(5-7-13)14-2-1-3-15(19-14)20-9-8-12(10-20)16(18)21;16-13-10-12(4-3-7-17-5-1-2-6-17)11-14-15(13)19-9-8-18-14/h1-7,12H,8-10H2,(H2,18,21);10-11H,1-9H2. The van der Waals surface area contributed by atoms with E-state index in [-0.39, 0.29) is 29.2 Å². The number of amides is 1. The first-order chi connectivity index (χ1) is 19.5. The maximum Gasteiger partial charge on any atom is 0.222 e. The lowest BCUT2D eigenvalue weighted by atomic mass is 10.1. The number of primary amides is 1. The van der Waals surface area contributed by atoms with Gasteiger partial charge in [0.2, 0.25) is 5.91 Å². The van der Waals surface area contributed by atoms with Gasteiger partial charge in [-0.3, -0.25) is 4.79 Å².